The van der Waals surface area contributed by atoms with Crippen molar-refractivity contribution in [2.75, 3.05) is 6.54 Å². The van der Waals surface area contributed by atoms with Crippen molar-refractivity contribution in [3.8, 4) is 0 Å². The molecule has 4 rings (SSSR count). The second kappa shape index (κ2) is 6.93. The summed E-state index contributed by atoms with van der Waals surface area (Å²) >= 11 is 0. The minimum atomic E-state index is -0.394. The lowest BCUT2D eigenvalue weighted by atomic mass is 9.96. The molecule has 0 radical (unpaired) electrons. The van der Waals surface area contributed by atoms with Gasteiger partial charge in [-0.25, -0.2) is 0 Å². The van der Waals surface area contributed by atoms with Crippen molar-refractivity contribution in [3.05, 3.63) is 80.2 Å². The van der Waals surface area contributed by atoms with Gasteiger partial charge in [-0.15, -0.1) is 0 Å². The van der Waals surface area contributed by atoms with Gasteiger partial charge in [0.1, 0.15) is 5.58 Å². The largest absolute Gasteiger partial charge is 0.450 e. The summed E-state index contributed by atoms with van der Waals surface area (Å²) in [5.41, 5.74) is 4.96. The molecule has 28 heavy (non-hydrogen) atoms. The first-order valence-electron chi connectivity index (χ1n) is 9.94. The zero-order chi connectivity index (χ0) is 20.0. The maximum atomic E-state index is 13.5. The lowest BCUT2D eigenvalue weighted by molar-refractivity contribution is 0.0728. The number of rotatable bonds is 4. The molecule has 0 bridgehead atoms. The molecule has 1 aliphatic heterocycles. The zero-order valence-electron chi connectivity index (χ0n) is 16.8. The molecule has 4 heteroatoms. The number of carbonyl (C=O) groups excluding carboxylic acids is 1. The smallest absolute Gasteiger partial charge is 0.290 e. The Bertz CT molecular complexity index is 1130. The molecule has 1 amide bonds. The fraction of sp³-hybridized carbons (Fsp3) is 0.333. The van der Waals surface area contributed by atoms with Crippen LogP contribution in [0, 0.1) is 13.8 Å². The molecular formula is C24H25NO3. The van der Waals surface area contributed by atoms with E-state index in [9.17, 15) is 9.59 Å². The average molecular weight is 375 g/mol. The number of hydrogen-bond acceptors (Lipinski definition) is 3. The summed E-state index contributed by atoms with van der Waals surface area (Å²) in [6, 6.07) is 11.6. The maximum absolute atomic E-state index is 13.5. The molecule has 0 saturated heterocycles. The average Bonchev–Trinajstić information content (AvgIpc) is 2.96. The maximum Gasteiger partial charge on any atom is 0.290 e. The monoisotopic (exact) mass is 375 g/mol. The molecule has 1 aromatic heterocycles. The van der Waals surface area contributed by atoms with Gasteiger partial charge in [-0.1, -0.05) is 44.2 Å². The number of aryl methyl sites for hydroxylation is 3. The van der Waals surface area contributed by atoms with Crippen LogP contribution in [0.15, 0.2) is 45.6 Å². The topological polar surface area (TPSA) is 50.5 Å². The van der Waals surface area contributed by atoms with E-state index in [-0.39, 0.29) is 17.1 Å². The van der Waals surface area contributed by atoms with Crippen LogP contribution in [0.5, 0.6) is 0 Å². The normalized spacial score (nSPS) is 16.1. The molecule has 1 unspecified atom stereocenters. The SMILES string of the molecule is CCCN1C(=O)c2oc3c(C)cc(C)cc3c(=O)c2C1c1ccc(CC)cc1. The lowest BCUT2D eigenvalue weighted by Gasteiger charge is -2.24. The van der Waals surface area contributed by atoms with E-state index in [2.05, 4.69) is 19.1 Å². The standard InChI is InChI=1S/C24H25NO3/c1-5-11-25-20(17-9-7-16(6-2)8-10-17)19-21(26)18-13-14(3)12-15(4)22(18)28-23(19)24(25)27/h7-10,12-13,20H,5-6,11H2,1-4H3. The third-order valence-corrected chi connectivity index (χ3v) is 5.57. The van der Waals surface area contributed by atoms with Crippen LogP contribution in [0.25, 0.3) is 11.0 Å². The van der Waals surface area contributed by atoms with Crippen molar-refractivity contribution >= 4 is 16.9 Å². The molecule has 1 aliphatic rings. The predicted molar refractivity (Wildman–Crippen MR) is 111 cm³/mol. The van der Waals surface area contributed by atoms with E-state index in [0.717, 1.165) is 29.5 Å². The van der Waals surface area contributed by atoms with Gasteiger partial charge in [0.25, 0.3) is 5.91 Å². The van der Waals surface area contributed by atoms with Crippen LogP contribution in [-0.4, -0.2) is 17.4 Å². The van der Waals surface area contributed by atoms with Crippen LogP contribution in [0.2, 0.25) is 0 Å². The Morgan fingerprint density at radius 3 is 2.39 bits per heavy atom. The first-order chi connectivity index (χ1) is 13.5. The van der Waals surface area contributed by atoms with Crippen molar-refractivity contribution in [1.82, 2.24) is 4.90 Å². The Balaban J connectivity index is 2.00. The highest BCUT2D eigenvalue weighted by Crippen LogP contribution is 2.38. The Hall–Kier alpha value is -2.88. The Morgan fingerprint density at radius 1 is 1.04 bits per heavy atom. The molecule has 3 aromatic rings. The van der Waals surface area contributed by atoms with Crippen LogP contribution in [0.1, 0.15) is 64.7 Å². The van der Waals surface area contributed by atoms with Gasteiger partial charge in [0.2, 0.25) is 5.76 Å². The van der Waals surface area contributed by atoms with Crippen molar-refractivity contribution in [1.29, 1.82) is 0 Å². The van der Waals surface area contributed by atoms with Crippen LogP contribution in [0.3, 0.4) is 0 Å². The number of hydrogen-bond donors (Lipinski definition) is 0. The van der Waals surface area contributed by atoms with E-state index in [1.807, 2.05) is 45.0 Å². The van der Waals surface area contributed by atoms with Gasteiger partial charge < -0.3 is 9.32 Å². The minimum absolute atomic E-state index is 0.0976. The van der Waals surface area contributed by atoms with Gasteiger partial charge in [0, 0.05) is 6.54 Å². The fourth-order valence-electron chi connectivity index (χ4n) is 4.23. The molecule has 2 aromatic carbocycles. The molecule has 0 aliphatic carbocycles. The third kappa shape index (κ3) is 2.75. The summed E-state index contributed by atoms with van der Waals surface area (Å²) in [4.78, 5) is 28.4. The van der Waals surface area contributed by atoms with E-state index in [1.54, 1.807) is 4.90 Å². The van der Waals surface area contributed by atoms with Gasteiger partial charge >= 0.3 is 0 Å². The van der Waals surface area contributed by atoms with Crippen LogP contribution >= 0.6 is 0 Å². The van der Waals surface area contributed by atoms with E-state index >= 15 is 0 Å². The van der Waals surface area contributed by atoms with Crippen LogP contribution in [-0.2, 0) is 6.42 Å². The number of nitrogens with zero attached hydrogens (tertiary/aromatic N) is 1. The summed E-state index contributed by atoms with van der Waals surface area (Å²) in [7, 11) is 0. The summed E-state index contributed by atoms with van der Waals surface area (Å²) in [5, 5.41) is 0.553. The highest BCUT2D eigenvalue weighted by molar-refractivity contribution is 5.99. The van der Waals surface area contributed by atoms with Crippen LogP contribution < -0.4 is 5.43 Å². The van der Waals surface area contributed by atoms with E-state index in [4.69, 9.17) is 4.42 Å². The van der Waals surface area contributed by atoms with Gasteiger partial charge in [0.05, 0.1) is 17.0 Å². The van der Waals surface area contributed by atoms with Crippen molar-refractivity contribution in [2.24, 2.45) is 0 Å². The highest BCUT2D eigenvalue weighted by Gasteiger charge is 2.42. The van der Waals surface area contributed by atoms with E-state index in [1.165, 1.54) is 5.56 Å². The van der Waals surface area contributed by atoms with Gasteiger partial charge in [-0.05, 0) is 55.0 Å². The molecule has 144 valence electrons. The Kier molecular flexibility index (Phi) is 4.58. The molecule has 0 saturated carbocycles. The number of carbonyl (C=O) groups is 1. The van der Waals surface area contributed by atoms with Gasteiger partial charge in [-0.3, -0.25) is 9.59 Å². The number of amides is 1. The highest BCUT2D eigenvalue weighted by atomic mass is 16.3. The van der Waals surface area contributed by atoms with E-state index < -0.39 is 6.04 Å². The molecule has 2 heterocycles. The minimum Gasteiger partial charge on any atom is -0.450 e. The Morgan fingerprint density at radius 2 is 1.75 bits per heavy atom. The second-order valence-corrected chi connectivity index (χ2v) is 7.63. The molecule has 0 fully saturated rings. The van der Waals surface area contributed by atoms with Gasteiger partial charge in [-0.2, -0.15) is 0 Å². The quantitative estimate of drug-likeness (QED) is 0.650. The number of fused-ring (bicyclic) bond motifs is 2. The van der Waals surface area contributed by atoms with E-state index in [0.29, 0.717) is 23.1 Å². The fourth-order valence-corrected chi connectivity index (χ4v) is 4.23. The third-order valence-electron chi connectivity index (χ3n) is 5.57. The summed E-state index contributed by atoms with van der Waals surface area (Å²) in [5.74, 6) is 0.00265. The summed E-state index contributed by atoms with van der Waals surface area (Å²) in [6.07, 6.45) is 1.76. The molecule has 0 spiro atoms. The van der Waals surface area contributed by atoms with Crippen molar-refractivity contribution < 1.29 is 9.21 Å². The number of benzene rings is 2. The predicted octanol–water partition coefficient (Wildman–Crippen LogP) is 4.93. The second-order valence-electron chi connectivity index (χ2n) is 7.63. The van der Waals surface area contributed by atoms with Gasteiger partial charge in [0.15, 0.2) is 5.43 Å². The van der Waals surface area contributed by atoms with Crippen molar-refractivity contribution in [3.63, 3.8) is 0 Å². The first kappa shape index (κ1) is 18.5. The molecule has 4 nitrogen and oxygen atoms in total. The van der Waals surface area contributed by atoms with Crippen molar-refractivity contribution in [2.45, 2.75) is 46.6 Å². The molecular weight excluding hydrogens is 350 g/mol. The first-order valence-corrected chi connectivity index (χ1v) is 9.94. The Labute approximate surface area is 164 Å². The lowest BCUT2D eigenvalue weighted by Crippen LogP contribution is -2.30. The summed E-state index contributed by atoms with van der Waals surface area (Å²) < 4.78 is 6.07. The van der Waals surface area contributed by atoms with Crippen LogP contribution in [0.4, 0.5) is 0 Å². The zero-order valence-corrected chi connectivity index (χ0v) is 16.8. The molecule has 1 atom stereocenters. The molecule has 0 N–H and O–H groups in total. The summed E-state index contributed by atoms with van der Waals surface area (Å²) in [6.45, 7) is 8.60.